The van der Waals surface area contributed by atoms with E-state index in [1.54, 1.807) is 6.92 Å². The highest BCUT2D eigenvalue weighted by Crippen LogP contribution is 2.22. The van der Waals surface area contributed by atoms with E-state index >= 15 is 0 Å². The second kappa shape index (κ2) is 5.79. The van der Waals surface area contributed by atoms with E-state index in [0.717, 1.165) is 0 Å². The van der Waals surface area contributed by atoms with Crippen LogP contribution in [0.25, 0.3) is 0 Å². The van der Waals surface area contributed by atoms with Crippen molar-refractivity contribution in [2.24, 2.45) is 11.1 Å². The van der Waals surface area contributed by atoms with Gasteiger partial charge in [0, 0.05) is 5.92 Å². The molecule has 1 rings (SSSR count). The summed E-state index contributed by atoms with van der Waals surface area (Å²) in [6.45, 7) is 1.91. The molecule has 1 aromatic rings. The number of hydrogen-bond acceptors (Lipinski definition) is 3. The Labute approximate surface area is 108 Å². The molecule has 96 valence electrons. The van der Waals surface area contributed by atoms with Gasteiger partial charge < -0.3 is 4.74 Å². The van der Waals surface area contributed by atoms with Crippen molar-refractivity contribution in [3.63, 3.8) is 0 Å². The molecule has 0 aliphatic carbocycles. The van der Waals surface area contributed by atoms with Gasteiger partial charge in [-0.25, -0.2) is 17.9 Å². The Morgan fingerprint density at radius 2 is 2.18 bits per heavy atom. The van der Waals surface area contributed by atoms with Gasteiger partial charge in [0.25, 0.3) is 0 Å². The Kier molecular flexibility index (Phi) is 4.91. The van der Waals surface area contributed by atoms with Crippen molar-refractivity contribution in [2.75, 3.05) is 12.4 Å². The number of nitrogens with two attached hydrogens (primary N) is 1. The molecule has 0 aliphatic rings. The number of primary sulfonamides is 1. The third-order valence-corrected chi connectivity index (χ3v) is 3.58. The molecule has 17 heavy (non-hydrogen) atoms. The third kappa shape index (κ3) is 5.47. The first-order valence-corrected chi connectivity index (χ1v) is 7.37. The van der Waals surface area contributed by atoms with E-state index in [0.29, 0.717) is 10.2 Å². The summed E-state index contributed by atoms with van der Waals surface area (Å²) in [6, 6.07) is 4.23. The maximum absolute atomic E-state index is 12.9. The molecule has 0 radical (unpaired) electrons. The van der Waals surface area contributed by atoms with E-state index in [1.165, 1.54) is 18.2 Å². The predicted molar refractivity (Wildman–Crippen MR) is 66.7 cm³/mol. The van der Waals surface area contributed by atoms with E-state index in [1.807, 2.05) is 0 Å². The van der Waals surface area contributed by atoms with Gasteiger partial charge in [0.1, 0.15) is 11.6 Å². The summed E-state index contributed by atoms with van der Waals surface area (Å²) >= 11 is 3.03. The van der Waals surface area contributed by atoms with Gasteiger partial charge in [-0.1, -0.05) is 6.92 Å². The summed E-state index contributed by atoms with van der Waals surface area (Å²) in [7, 11) is -3.49. The summed E-state index contributed by atoms with van der Waals surface area (Å²) in [4.78, 5) is 0. The van der Waals surface area contributed by atoms with Crippen molar-refractivity contribution in [2.45, 2.75) is 6.92 Å². The maximum atomic E-state index is 12.9. The summed E-state index contributed by atoms with van der Waals surface area (Å²) in [6.07, 6.45) is 0. The van der Waals surface area contributed by atoms with Crippen LogP contribution in [0.15, 0.2) is 22.7 Å². The highest BCUT2D eigenvalue weighted by atomic mass is 79.9. The van der Waals surface area contributed by atoms with Crippen LogP contribution >= 0.6 is 15.9 Å². The minimum Gasteiger partial charge on any atom is -0.493 e. The van der Waals surface area contributed by atoms with Gasteiger partial charge >= 0.3 is 0 Å². The molecular formula is C10H13BrFNO3S. The molecule has 0 heterocycles. The zero-order chi connectivity index (χ0) is 13.1. The first kappa shape index (κ1) is 14.4. The quantitative estimate of drug-likeness (QED) is 0.898. The van der Waals surface area contributed by atoms with Gasteiger partial charge in [-0.3, -0.25) is 0 Å². The molecule has 0 amide bonds. The van der Waals surface area contributed by atoms with Crippen molar-refractivity contribution in [1.29, 1.82) is 0 Å². The Hall–Kier alpha value is -0.660. The molecule has 7 heteroatoms. The van der Waals surface area contributed by atoms with Crippen molar-refractivity contribution in [3.05, 3.63) is 28.5 Å². The van der Waals surface area contributed by atoms with Crippen LogP contribution in [0.4, 0.5) is 4.39 Å². The normalized spacial score (nSPS) is 13.4. The Balaban J connectivity index is 2.53. The predicted octanol–water partition coefficient (Wildman–Crippen LogP) is 1.89. The topological polar surface area (TPSA) is 69.4 Å². The summed E-state index contributed by atoms with van der Waals surface area (Å²) in [5.74, 6) is -0.279. The van der Waals surface area contributed by atoms with Crippen molar-refractivity contribution in [3.8, 4) is 5.75 Å². The van der Waals surface area contributed by atoms with Crippen LogP contribution in [0.2, 0.25) is 0 Å². The second-order valence-corrected chi connectivity index (χ2v) is 6.34. The molecular weight excluding hydrogens is 313 g/mol. The zero-order valence-corrected chi connectivity index (χ0v) is 11.6. The molecule has 0 saturated carbocycles. The van der Waals surface area contributed by atoms with Crippen molar-refractivity contribution in [1.82, 2.24) is 0 Å². The lowest BCUT2D eigenvalue weighted by Crippen LogP contribution is -2.25. The summed E-state index contributed by atoms with van der Waals surface area (Å²) in [5.41, 5.74) is 0. The molecule has 0 fully saturated rings. The van der Waals surface area contributed by atoms with Crippen LogP contribution in [0.3, 0.4) is 0 Å². The van der Waals surface area contributed by atoms with Gasteiger partial charge in [-0.2, -0.15) is 0 Å². The molecule has 0 aromatic heterocycles. The smallest absolute Gasteiger partial charge is 0.209 e. The Morgan fingerprint density at radius 1 is 1.53 bits per heavy atom. The molecule has 0 bridgehead atoms. The number of ether oxygens (including phenoxy) is 1. The lowest BCUT2D eigenvalue weighted by Gasteiger charge is -2.12. The largest absolute Gasteiger partial charge is 0.493 e. The fraction of sp³-hybridized carbons (Fsp3) is 0.400. The van der Waals surface area contributed by atoms with Crippen LogP contribution in [0.1, 0.15) is 6.92 Å². The van der Waals surface area contributed by atoms with Gasteiger partial charge in [-0.15, -0.1) is 0 Å². The van der Waals surface area contributed by atoms with E-state index in [2.05, 4.69) is 15.9 Å². The summed E-state index contributed by atoms with van der Waals surface area (Å²) < 4.78 is 40.2. The van der Waals surface area contributed by atoms with Crippen LogP contribution in [0.5, 0.6) is 5.75 Å². The highest BCUT2D eigenvalue weighted by molar-refractivity contribution is 9.10. The highest BCUT2D eigenvalue weighted by Gasteiger charge is 2.12. The molecule has 0 spiro atoms. The van der Waals surface area contributed by atoms with Gasteiger partial charge in [0.05, 0.1) is 16.8 Å². The van der Waals surface area contributed by atoms with E-state index in [9.17, 15) is 12.8 Å². The fourth-order valence-electron chi connectivity index (χ4n) is 1.25. The molecule has 1 aromatic carbocycles. The average molecular weight is 326 g/mol. The van der Waals surface area contributed by atoms with Gasteiger partial charge in [0.15, 0.2) is 0 Å². The number of benzene rings is 1. The lowest BCUT2D eigenvalue weighted by molar-refractivity contribution is 0.271. The number of hydrogen-bond donors (Lipinski definition) is 1. The standard InChI is InChI=1S/C10H13BrFNO3S/c1-7(6-17(13,14)15)5-16-8-2-3-10(12)9(11)4-8/h2-4,7H,5-6H2,1H3,(H2,13,14,15). The van der Waals surface area contributed by atoms with Crippen LogP contribution < -0.4 is 9.88 Å². The number of sulfonamides is 1. The zero-order valence-electron chi connectivity index (χ0n) is 9.19. The van der Waals surface area contributed by atoms with E-state index in [4.69, 9.17) is 9.88 Å². The molecule has 1 unspecified atom stereocenters. The number of rotatable bonds is 5. The molecule has 0 aliphatic heterocycles. The molecule has 2 N–H and O–H groups in total. The monoisotopic (exact) mass is 325 g/mol. The third-order valence-electron chi connectivity index (χ3n) is 1.94. The Morgan fingerprint density at radius 3 is 2.71 bits per heavy atom. The van der Waals surface area contributed by atoms with E-state index < -0.39 is 10.0 Å². The SMILES string of the molecule is CC(COc1ccc(F)c(Br)c1)CS(N)(=O)=O. The van der Waals surface area contributed by atoms with Crippen LogP contribution in [0, 0.1) is 11.7 Å². The fourth-order valence-corrected chi connectivity index (χ4v) is 2.50. The van der Waals surface area contributed by atoms with Crippen molar-refractivity contribution >= 4 is 26.0 Å². The number of halogens is 2. The average Bonchev–Trinajstić information content (AvgIpc) is 2.17. The lowest BCUT2D eigenvalue weighted by atomic mass is 10.2. The molecule has 4 nitrogen and oxygen atoms in total. The van der Waals surface area contributed by atoms with Gasteiger partial charge in [-0.05, 0) is 34.1 Å². The molecule has 0 saturated heterocycles. The van der Waals surface area contributed by atoms with Crippen LogP contribution in [-0.2, 0) is 10.0 Å². The van der Waals surface area contributed by atoms with Gasteiger partial charge in [0.2, 0.25) is 10.0 Å². The minimum atomic E-state index is -3.49. The minimum absolute atomic E-state index is 0.143. The second-order valence-electron chi connectivity index (χ2n) is 3.82. The molecule has 1 atom stereocenters. The van der Waals surface area contributed by atoms with E-state index in [-0.39, 0.29) is 24.1 Å². The van der Waals surface area contributed by atoms with Crippen LogP contribution in [-0.4, -0.2) is 20.8 Å². The first-order valence-electron chi connectivity index (χ1n) is 4.86. The summed E-state index contributed by atoms with van der Waals surface area (Å²) in [5, 5.41) is 4.91. The maximum Gasteiger partial charge on any atom is 0.209 e. The van der Waals surface area contributed by atoms with Crippen molar-refractivity contribution < 1.29 is 17.5 Å². The Bertz CT molecular complexity index is 492. The first-order chi connectivity index (χ1) is 7.78.